The molecule has 0 fully saturated rings. The number of hydrogen-bond acceptors (Lipinski definition) is 2. The molecule has 0 aromatic heterocycles. The second-order valence-corrected chi connectivity index (χ2v) is 4.18. The Bertz CT molecular complexity index is 421. The Hall–Kier alpha value is -1.60. The quantitative estimate of drug-likeness (QED) is 0.795. The maximum atomic E-state index is 8.99. The van der Waals surface area contributed by atoms with Gasteiger partial charge in [-0.1, -0.05) is 12.1 Å². The van der Waals surface area contributed by atoms with Crippen LogP contribution in [-0.2, 0) is 0 Å². The van der Waals surface area contributed by atoms with Gasteiger partial charge in [0.1, 0.15) is 6.07 Å². The summed E-state index contributed by atoms with van der Waals surface area (Å²) in [6, 6.07) is 9.84. The number of anilines is 1. The molecule has 0 radical (unpaired) electrons. The highest BCUT2D eigenvalue weighted by Crippen LogP contribution is 2.18. The fourth-order valence-corrected chi connectivity index (χ4v) is 1.65. The van der Waals surface area contributed by atoms with E-state index in [0.717, 1.165) is 5.69 Å². The normalized spacial score (nSPS) is 9.69. The van der Waals surface area contributed by atoms with E-state index in [1.807, 2.05) is 44.0 Å². The fraction of sp³-hybridized carbons (Fsp3) is 0.333. The smallest absolute Gasteiger partial charge is 0.173 e. The van der Waals surface area contributed by atoms with Crippen molar-refractivity contribution in [3.8, 4) is 6.07 Å². The fourth-order valence-electron chi connectivity index (χ4n) is 1.31. The zero-order valence-electron chi connectivity index (χ0n) is 9.69. The Morgan fingerprint density at radius 2 is 2.06 bits per heavy atom. The summed E-state index contributed by atoms with van der Waals surface area (Å²) in [6.07, 6.45) is 0. The molecule has 0 saturated heterocycles. The number of rotatable bonds is 2. The largest absolute Gasteiger partial charge is 0.360 e. The Balaban J connectivity index is 2.92. The Morgan fingerprint density at radius 3 is 2.62 bits per heavy atom. The third kappa shape index (κ3) is 2.94. The van der Waals surface area contributed by atoms with Crippen molar-refractivity contribution in [2.24, 2.45) is 0 Å². The summed E-state index contributed by atoms with van der Waals surface area (Å²) in [7, 11) is 1.86. The van der Waals surface area contributed by atoms with Crippen molar-refractivity contribution in [3.05, 3.63) is 29.8 Å². The lowest BCUT2D eigenvalue weighted by Gasteiger charge is -2.23. The molecule has 0 aliphatic rings. The number of nitrogens with zero attached hydrogens (tertiary/aromatic N) is 2. The zero-order valence-corrected chi connectivity index (χ0v) is 10.5. The van der Waals surface area contributed by atoms with Crippen molar-refractivity contribution in [2.45, 2.75) is 19.9 Å². The first kappa shape index (κ1) is 12.5. The molecule has 16 heavy (non-hydrogen) atoms. The van der Waals surface area contributed by atoms with Gasteiger partial charge in [-0.25, -0.2) is 0 Å². The van der Waals surface area contributed by atoms with Crippen LogP contribution in [-0.4, -0.2) is 18.2 Å². The van der Waals surface area contributed by atoms with E-state index >= 15 is 0 Å². The van der Waals surface area contributed by atoms with Gasteiger partial charge in [0.2, 0.25) is 0 Å². The predicted molar refractivity (Wildman–Crippen MR) is 70.4 cm³/mol. The third-order valence-corrected chi connectivity index (χ3v) is 2.49. The molecule has 1 rings (SSSR count). The van der Waals surface area contributed by atoms with Crippen LogP contribution in [0.4, 0.5) is 5.69 Å². The average molecular weight is 233 g/mol. The SMILES string of the molecule is CC(C)NC(=S)N(C)c1ccccc1C#N. The van der Waals surface area contributed by atoms with Crippen molar-refractivity contribution in [1.82, 2.24) is 5.32 Å². The number of nitrogens with one attached hydrogen (secondary N) is 1. The summed E-state index contributed by atoms with van der Waals surface area (Å²) in [6.45, 7) is 4.05. The number of thiocarbonyl (C=S) groups is 1. The van der Waals surface area contributed by atoms with Crippen LogP contribution in [0.25, 0.3) is 0 Å². The molecule has 0 bridgehead atoms. The molecule has 0 saturated carbocycles. The monoisotopic (exact) mass is 233 g/mol. The zero-order chi connectivity index (χ0) is 12.1. The first-order valence-corrected chi connectivity index (χ1v) is 5.50. The van der Waals surface area contributed by atoms with E-state index in [1.54, 1.807) is 6.07 Å². The van der Waals surface area contributed by atoms with Crippen molar-refractivity contribution in [1.29, 1.82) is 5.26 Å². The second-order valence-electron chi connectivity index (χ2n) is 3.79. The molecule has 4 heteroatoms. The number of benzene rings is 1. The first-order chi connectivity index (χ1) is 7.56. The summed E-state index contributed by atoms with van der Waals surface area (Å²) in [5.41, 5.74) is 1.45. The molecule has 1 aromatic carbocycles. The second kappa shape index (κ2) is 5.47. The molecule has 3 nitrogen and oxygen atoms in total. The molecule has 1 aromatic rings. The van der Waals surface area contributed by atoms with Crippen LogP contribution in [0.15, 0.2) is 24.3 Å². The highest BCUT2D eigenvalue weighted by atomic mass is 32.1. The van der Waals surface area contributed by atoms with E-state index in [0.29, 0.717) is 10.7 Å². The average Bonchev–Trinajstić information content (AvgIpc) is 2.27. The van der Waals surface area contributed by atoms with Gasteiger partial charge in [0.15, 0.2) is 5.11 Å². The Kier molecular flexibility index (Phi) is 4.27. The van der Waals surface area contributed by atoms with Crippen molar-refractivity contribution >= 4 is 23.0 Å². The standard InChI is InChI=1S/C12H15N3S/c1-9(2)14-12(16)15(3)11-7-5-4-6-10(11)8-13/h4-7,9H,1-3H3,(H,14,16). The van der Waals surface area contributed by atoms with Crippen LogP contribution < -0.4 is 10.2 Å². The van der Waals surface area contributed by atoms with Gasteiger partial charge in [-0.2, -0.15) is 5.26 Å². The van der Waals surface area contributed by atoms with Crippen molar-refractivity contribution < 1.29 is 0 Å². The van der Waals surface area contributed by atoms with Crippen molar-refractivity contribution in [2.75, 3.05) is 11.9 Å². The number of hydrogen-bond donors (Lipinski definition) is 1. The summed E-state index contributed by atoms with van der Waals surface area (Å²) < 4.78 is 0. The van der Waals surface area contributed by atoms with E-state index in [4.69, 9.17) is 17.5 Å². The van der Waals surface area contributed by atoms with E-state index in [2.05, 4.69) is 11.4 Å². The summed E-state index contributed by atoms with van der Waals surface area (Å²) in [5.74, 6) is 0. The lowest BCUT2D eigenvalue weighted by Crippen LogP contribution is -2.40. The van der Waals surface area contributed by atoms with Gasteiger partial charge >= 0.3 is 0 Å². The van der Waals surface area contributed by atoms with Gasteiger partial charge < -0.3 is 10.2 Å². The summed E-state index contributed by atoms with van der Waals surface area (Å²) >= 11 is 5.25. The molecule has 0 spiro atoms. The molecule has 84 valence electrons. The highest BCUT2D eigenvalue weighted by Gasteiger charge is 2.11. The van der Waals surface area contributed by atoms with E-state index in [1.165, 1.54) is 0 Å². The molecule has 0 aliphatic heterocycles. The topological polar surface area (TPSA) is 39.1 Å². The van der Waals surface area contributed by atoms with Gasteiger partial charge in [0.25, 0.3) is 0 Å². The molecule has 0 atom stereocenters. The number of nitriles is 1. The van der Waals surface area contributed by atoms with Gasteiger partial charge in [0.05, 0.1) is 11.3 Å². The molecule has 0 amide bonds. The Morgan fingerprint density at radius 1 is 1.44 bits per heavy atom. The van der Waals surface area contributed by atoms with Crippen LogP contribution in [0.2, 0.25) is 0 Å². The van der Waals surface area contributed by atoms with Crippen LogP contribution >= 0.6 is 12.2 Å². The van der Waals surface area contributed by atoms with Crippen molar-refractivity contribution in [3.63, 3.8) is 0 Å². The minimum Gasteiger partial charge on any atom is -0.360 e. The molecule has 1 N–H and O–H groups in total. The molecular formula is C12H15N3S. The van der Waals surface area contributed by atoms with Crippen LogP contribution in [0.5, 0.6) is 0 Å². The van der Waals surface area contributed by atoms with Gasteiger partial charge in [-0.05, 0) is 38.2 Å². The molecule has 0 heterocycles. The maximum Gasteiger partial charge on any atom is 0.173 e. The molecule has 0 aliphatic carbocycles. The van der Waals surface area contributed by atoms with Crippen LogP contribution in [0, 0.1) is 11.3 Å². The molecule has 0 unspecified atom stereocenters. The maximum absolute atomic E-state index is 8.99. The van der Waals surface area contributed by atoms with Gasteiger partial charge in [-0.15, -0.1) is 0 Å². The highest BCUT2D eigenvalue weighted by molar-refractivity contribution is 7.80. The molecular weight excluding hydrogens is 218 g/mol. The minimum atomic E-state index is 0.282. The van der Waals surface area contributed by atoms with Crippen LogP contribution in [0.1, 0.15) is 19.4 Å². The Labute approximate surface area is 102 Å². The van der Waals surface area contributed by atoms with Gasteiger partial charge in [0, 0.05) is 13.1 Å². The van der Waals surface area contributed by atoms with Crippen LogP contribution in [0.3, 0.4) is 0 Å². The lowest BCUT2D eigenvalue weighted by atomic mass is 10.2. The number of para-hydroxylation sites is 1. The predicted octanol–water partition coefficient (Wildman–Crippen LogP) is 2.28. The summed E-state index contributed by atoms with van der Waals surface area (Å²) in [4.78, 5) is 1.81. The minimum absolute atomic E-state index is 0.282. The van der Waals surface area contributed by atoms with E-state index in [9.17, 15) is 0 Å². The van der Waals surface area contributed by atoms with E-state index < -0.39 is 0 Å². The van der Waals surface area contributed by atoms with E-state index in [-0.39, 0.29) is 6.04 Å². The van der Waals surface area contributed by atoms with Gasteiger partial charge in [-0.3, -0.25) is 0 Å². The lowest BCUT2D eigenvalue weighted by molar-refractivity contribution is 0.732. The summed E-state index contributed by atoms with van der Waals surface area (Å²) in [5, 5.41) is 12.8. The first-order valence-electron chi connectivity index (χ1n) is 5.09. The third-order valence-electron chi connectivity index (χ3n) is 2.10.